The molecule has 0 saturated heterocycles. The van der Waals surface area contributed by atoms with Gasteiger partial charge in [0, 0.05) is 16.9 Å². The first kappa shape index (κ1) is 16.3. The summed E-state index contributed by atoms with van der Waals surface area (Å²) >= 11 is 5.88. The number of carbonyl (C=O) groups is 1. The molecule has 0 atom stereocenters. The fourth-order valence-corrected chi connectivity index (χ4v) is 2.21. The van der Waals surface area contributed by atoms with Gasteiger partial charge in [-0.3, -0.25) is 4.79 Å². The second kappa shape index (κ2) is 6.79. The third-order valence-electron chi connectivity index (χ3n) is 3.02. The minimum absolute atomic E-state index is 0.186. The van der Waals surface area contributed by atoms with Gasteiger partial charge in [-0.15, -0.1) is 0 Å². The lowest BCUT2D eigenvalue weighted by Gasteiger charge is -2.23. The zero-order valence-electron chi connectivity index (χ0n) is 12.1. The largest absolute Gasteiger partial charge is 0.302 e. The Hall–Kier alpha value is -2.08. The van der Waals surface area contributed by atoms with E-state index >= 15 is 0 Å². The van der Waals surface area contributed by atoms with Crippen molar-refractivity contribution in [2.45, 2.75) is 20.3 Å². The summed E-state index contributed by atoms with van der Waals surface area (Å²) in [7, 11) is 0. The Morgan fingerprint density at radius 1 is 1.36 bits per heavy atom. The van der Waals surface area contributed by atoms with Crippen LogP contribution in [0.5, 0.6) is 0 Å². The highest BCUT2D eigenvalue weighted by molar-refractivity contribution is 6.31. The number of hydrogen-bond acceptors (Lipinski definition) is 3. The van der Waals surface area contributed by atoms with Crippen LogP contribution in [0.4, 0.5) is 14.5 Å². The van der Waals surface area contributed by atoms with Crippen molar-refractivity contribution in [2.75, 3.05) is 11.4 Å². The Morgan fingerprint density at radius 2 is 2.09 bits per heavy atom. The molecule has 2 aromatic rings. The molecule has 1 aromatic carbocycles. The molecule has 7 heteroatoms. The number of benzene rings is 1. The minimum Gasteiger partial charge on any atom is -0.302 e. The van der Waals surface area contributed by atoms with Crippen molar-refractivity contribution < 1.29 is 13.6 Å². The molecule has 0 fully saturated rings. The number of aryl methyl sites for hydroxylation is 2. The maximum absolute atomic E-state index is 12.9. The van der Waals surface area contributed by atoms with Gasteiger partial charge in [0.1, 0.15) is 5.82 Å². The zero-order chi connectivity index (χ0) is 16.3. The first-order valence-corrected chi connectivity index (χ1v) is 6.92. The van der Waals surface area contributed by atoms with Crippen molar-refractivity contribution in [1.29, 1.82) is 0 Å². The van der Waals surface area contributed by atoms with Gasteiger partial charge >= 0.3 is 0 Å². The third kappa shape index (κ3) is 3.76. The summed E-state index contributed by atoms with van der Waals surface area (Å²) in [5.74, 6) is -0.0720. The number of aromatic nitrogens is 2. The molecule has 0 saturated carbocycles. The summed E-state index contributed by atoms with van der Waals surface area (Å²) in [6.45, 7) is 2.60. The Labute approximate surface area is 131 Å². The number of nitrogens with zero attached hydrogens (tertiary/aromatic N) is 3. The van der Waals surface area contributed by atoms with Crippen molar-refractivity contribution in [2.24, 2.45) is 0 Å². The van der Waals surface area contributed by atoms with E-state index in [2.05, 4.69) is 9.97 Å². The van der Waals surface area contributed by atoms with E-state index in [1.54, 1.807) is 32.0 Å². The van der Waals surface area contributed by atoms with Gasteiger partial charge in [-0.1, -0.05) is 17.7 Å². The maximum atomic E-state index is 12.9. The third-order valence-corrected chi connectivity index (χ3v) is 3.25. The van der Waals surface area contributed by atoms with Gasteiger partial charge in [0.2, 0.25) is 0 Å². The van der Waals surface area contributed by atoms with Gasteiger partial charge < -0.3 is 4.90 Å². The molecular weight excluding hydrogens is 312 g/mol. The van der Waals surface area contributed by atoms with E-state index in [1.807, 2.05) is 0 Å². The van der Waals surface area contributed by atoms with Crippen molar-refractivity contribution >= 4 is 23.2 Å². The second-order valence-corrected chi connectivity index (χ2v) is 5.14. The van der Waals surface area contributed by atoms with Crippen LogP contribution >= 0.6 is 11.6 Å². The van der Waals surface area contributed by atoms with Gasteiger partial charge in [-0.25, -0.2) is 18.7 Å². The summed E-state index contributed by atoms with van der Waals surface area (Å²) < 4.78 is 25.7. The van der Waals surface area contributed by atoms with E-state index in [0.717, 1.165) is 4.90 Å². The number of rotatable bonds is 4. The van der Waals surface area contributed by atoms with Crippen LogP contribution in [0.3, 0.4) is 0 Å². The number of amides is 1. The highest BCUT2D eigenvalue weighted by Crippen LogP contribution is 2.23. The fraction of sp³-hybridized carbons (Fsp3) is 0.267. The van der Waals surface area contributed by atoms with Crippen LogP contribution in [0.15, 0.2) is 30.5 Å². The average Bonchev–Trinajstić information content (AvgIpc) is 2.44. The molecule has 0 spiro atoms. The lowest BCUT2D eigenvalue weighted by molar-refractivity contribution is 0.0944. The van der Waals surface area contributed by atoms with Crippen LogP contribution < -0.4 is 4.90 Å². The van der Waals surface area contributed by atoms with Crippen LogP contribution in [-0.4, -0.2) is 28.8 Å². The first-order valence-electron chi connectivity index (χ1n) is 6.54. The standard InChI is InChI=1S/C15H14ClF2N3O/c1-9-13(7-19-10(2)20-9)15(22)21(8-14(17)18)12-5-3-4-11(16)6-12/h3-7,14H,8H2,1-2H3. The molecule has 2 rings (SSSR count). The molecule has 1 heterocycles. The predicted molar refractivity (Wildman–Crippen MR) is 80.6 cm³/mol. The highest BCUT2D eigenvalue weighted by Gasteiger charge is 2.23. The van der Waals surface area contributed by atoms with E-state index in [1.165, 1.54) is 12.3 Å². The fourth-order valence-electron chi connectivity index (χ4n) is 2.03. The molecule has 0 radical (unpaired) electrons. The Balaban J connectivity index is 2.42. The maximum Gasteiger partial charge on any atom is 0.261 e. The normalized spacial score (nSPS) is 10.8. The van der Waals surface area contributed by atoms with Gasteiger partial charge in [-0.05, 0) is 32.0 Å². The number of halogens is 3. The summed E-state index contributed by atoms with van der Waals surface area (Å²) in [6.07, 6.45) is -1.32. The summed E-state index contributed by atoms with van der Waals surface area (Å²) in [6, 6.07) is 6.22. The molecule has 0 N–H and O–H groups in total. The van der Waals surface area contributed by atoms with Crippen LogP contribution in [0.2, 0.25) is 5.02 Å². The lowest BCUT2D eigenvalue weighted by Crippen LogP contribution is -2.35. The molecular formula is C15H14ClF2N3O. The molecule has 0 bridgehead atoms. The van der Waals surface area contributed by atoms with E-state index in [0.29, 0.717) is 22.2 Å². The number of alkyl halides is 2. The first-order chi connectivity index (χ1) is 10.4. The number of anilines is 1. The molecule has 116 valence electrons. The second-order valence-electron chi connectivity index (χ2n) is 4.70. The molecule has 1 amide bonds. The van der Waals surface area contributed by atoms with E-state index in [9.17, 15) is 13.6 Å². The van der Waals surface area contributed by atoms with Gasteiger partial charge in [-0.2, -0.15) is 0 Å². The molecule has 0 unspecified atom stereocenters. The van der Waals surface area contributed by atoms with E-state index < -0.39 is 18.9 Å². The topological polar surface area (TPSA) is 46.1 Å². The molecule has 1 aromatic heterocycles. The molecule has 0 aliphatic rings. The van der Waals surface area contributed by atoms with Crippen LogP contribution in [-0.2, 0) is 0 Å². The average molecular weight is 326 g/mol. The van der Waals surface area contributed by atoms with Crippen molar-refractivity contribution in [3.05, 3.63) is 52.6 Å². The molecule has 4 nitrogen and oxygen atoms in total. The highest BCUT2D eigenvalue weighted by atomic mass is 35.5. The van der Waals surface area contributed by atoms with Gasteiger partial charge in [0.15, 0.2) is 0 Å². The molecule has 0 aliphatic carbocycles. The van der Waals surface area contributed by atoms with Crippen molar-refractivity contribution in [1.82, 2.24) is 9.97 Å². The van der Waals surface area contributed by atoms with Crippen LogP contribution in [0, 0.1) is 13.8 Å². The number of hydrogen-bond donors (Lipinski definition) is 0. The molecule has 22 heavy (non-hydrogen) atoms. The van der Waals surface area contributed by atoms with Gasteiger partial charge in [0.05, 0.1) is 17.8 Å². The number of carbonyl (C=O) groups excluding carboxylic acids is 1. The van der Waals surface area contributed by atoms with E-state index in [-0.39, 0.29) is 5.56 Å². The zero-order valence-corrected chi connectivity index (χ0v) is 12.8. The monoisotopic (exact) mass is 325 g/mol. The Kier molecular flexibility index (Phi) is 5.03. The summed E-state index contributed by atoms with van der Waals surface area (Å²) in [5.41, 5.74) is 0.933. The van der Waals surface area contributed by atoms with Gasteiger partial charge in [0.25, 0.3) is 12.3 Å². The van der Waals surface area contributed by atoms with Crippen molar-refractivity contribution in [3.8, 4) is 0 Å². The SMILES string of the molecule is Cc1ncc(C(=O)N(CC(F)F)c2cccc(Cl)c2)c(C)n1. The van der Waals surface area contributed by atoms with Crippen LogP contribution in [0.1, 0.15) is 21.9 Å². The van der Waals surface area contributed by atoms with E-state index in [4.69, 9.17) is 11.6 Å². The van der Waals surface area contributed by atoms with Crippen LogP contribution in [0.25, 0.3) is 0 Å². The summed E-state index contributed by atoms with van der Waals surface area (Å²) in [4.78, 5) is 21.6. The van der Waals surface area contributed by atoms with Crippen molar-refractivity contribution in [3.63, 3.8) is 0 Å². The Morgan fingerprint density at radius 3 is 2.68 bits per heavy atom. The lowest BCUT2D eigenvalue weighted by atomic mass is 10.2. The summed E-state index contributed by atoms with van der Waals surface area (Å²) in [5, 5.41) is 0.362. The quantitative estimate of drug-likeness (QED) is 0.862. The minimum atomic E-state index is -2.67. The Bertz CT molecular complexity index is 694. The molecule has 0 aliphatic heterocycles. The smallest absolute Gasteiger partial charge is 0.261 e. The predicted octanol–water partition coefficient (Wildman–Crippen LogP) is 3.66.